The fourth-order valence-corrected chi connectivity index (χ4v) is 2.79. The molecule has 0 aliphatic carbocycles. The molecule has 6 nitrogen and oxygen atoms in total. The van der Waals surface area contributed by atoms with Gasteiger partial charge in [0.15, 0.2) is 18.1 Å². The Labute approximate surface area is 164 Å². The minimum atomic E-state index is -0.347. The smallest absolute Gasteiger partial charge is 0.262 e. The average Bonchev–Trinajstić information content (AvgIpc) is 2.67. The van der Waals surface area contributed by atoms with Crippen molar-refractivity contribution in [1.82, 2.24) is 4.90 Å². The standard InChI is InChI=1S/C20H23ClN2O4/c1-4-23(5-2)20(25)15-11-10-14(12-16(15)21)22-19(24)13-27-18-9-7-6-8-17(18)26-3/h6-12H,4-5,13H2,1-3H3,(H,22,24). The predicted octanol–water partition coefficient (Wildman–Crippen LogP) is 3.85. The van der Waals surface area contributed by atoms with E-state index in [-0.39, 0.29) is 23.4 Å². The van der Waals surface area contributed by atoms with Crippen LogP contribution < -0.4 is 14.8 Å². The molecule has 0 atom stereocenters. The number of nitrogens with one attached hydrogen (secondary N) is 1. The molecule has 144 valence electrons. The van der Waals surface area contributed by atoms with Crippen LogP contribution in [0.25, 0.3) is 0 Å². The number of methoxy groups -OCH3 is 1. The molecule has 2 rings (SSSR count). The van der Waals surface area contributed by atoms with Gasteiger partial charge in [-0.15, -0.1) is 0 Å². The number of hydrogen-bond donors (Lipinski definition) is 1. The van der Waals surface area contributed by atoms with Crippen molar-refractivity contribution in [2.24, 2.45) is 0 Å². The van der Waals surface area contributed by atoms with Crippen LogP contribution in [0.1, 0.15) is 24.2 Å². The number of carbonyl (C=O) groups is 2. The summed E-state index contributed by atoms with van der Waals surface area (Å²) < 4.78 is 10.7. The Kier molecular flexibility index (Phi) is 7.49. The summed E-state index contributed by atoms with van der Waals surface area (Å²) in [5, 5.41) is 2.99. The van der Waals surface area contributed by atoms with Crippen LogP contribution in [0.5, 0.6) is 11.5 Å². The molecule has 2 aromatic carbocycles. The van der Waals surface area contributed by atoms with Crippen molar-refractivity contribution in [3.05, 3.63) is 53.1 Å². The number of para-hydroxylation sites is 2. The summed E-state index contributed by atoms with van der Waals surface area (Å²) in [5.41, 5.74) is 0.897. The van der Waals surface area contributed by atoms with Crippen molar-refractivity contribution in [3.63, 3.8) is 0 Å². The van der Waals surface area contributed by atoms with Crippen molar-refractivity contribution in [1.29, 1.82) is 0 Å². The molecule has 0 bridgehead atoms. The van der Waals surface area contributed by atoms with E-state index in [1.807, 2.05) is 19.9 Å². The Morgan fingerprint density at radius 2 is 1.74 bits per heavy atom. The van der Waals surface area contributed by atoms with E-state index in [0.717, 1.165) is 0 Å². The zero-order valence-corrected chi connectivity index (χ0v) is 16.4. The number of rotatable bonds is 8. The van der Waals surface area contributed by atoms with E-state index in [4.69, 9.17) is 21.1 Å². The third-order valence-corrected chi connectivity index (χ3v) is 4.27. The molecule has 0 heterocycles. The highest BCUT2D eigenvalue weighted by Gasteiger charge is 2.16. The number of halogens is 1. The second-order valence-electron chi connectivity index (χ2n) is 5.66. The van der Waals surface area contributed by atoms with Crippen LogP contribution in [0.2, 0.25) is 5.02 Å². The monoisotopic (exact) mass is 390 g/mol. The van der Waals surface area contributed by atoms with E-state index in [2.05, 4.69) is 5.32 Å². The Bertz CT molecular complexity index is 806. The topological polar surface area (TPSA) is 67.9 Å². The first-order valence-corrected chi connectivity index (χ1v) is 9.02. The molecule has 0 aliphatic rings. The number of anilines is 1. The van der Waals surface area contributed by atoms with Gasteiger partial charge < -0.3 is 19.7 Å². The number of benzene rings is 2. The highest BCUT2D eigenvalue weighted by Crippen LogP contribution is 2.26. The van der Waals surface area contributed by atoms with Gasteiger partial charge in [-0.2, -0.15) is 0 Å². The number of amides is 2. The summed E-state index contributed by atoms with van der Waals surface area (Å²) >= 11 is 6.23. The Balaban J connectivity index is 2.00. The number of carbonyl (C=O) groups excluding carboxylic acids is 2. The van der Waals surface area contributed by atoms with Crippen LogP contribution in [-0.2, 0) is 4.79 Å². The largest absolute Gasteiger partial charge is 0.493 e. The van der Waals surface area contributed by atoms with Crippen molar-refractivity contribution >= 4 is 29.1 Å². The number of hydrogen-bond acceptors (Lipinski definition) is 4. The number of ether oxygens (including phenoxy) is 2. The molecule has 0 saturated heterocycles. The van der Waals surface area contributed by atoms with Gasteiger partial charge in [0.25, 0.3) is 11.8 Å². The van der Waals surface area contributed by atoms with Crippen molar-refractivity contribution in [3.8, 4) is 11.5 Å². The van der Waals surface area contributed by atoms with Gasteiger partial charge in [-0.1, -0.05) is 23.7 Å². The van der Waals surface area contributed by atoms with Crippen LogP contribution in [0.3, 0.4) is 0 Å². The third kappa shape index (κ3) is 5.37. The highest BCUT2D eigenvalue weighted by molar-refractivity contribution is 6.34. The molecule has 0 spiro atoms. The first-order chi connectivity index (χ1) is 13.0. The maximum Gasteiger partial charge on any atom is 0.262 e. The molecule has 0 fully saturated rings. The Morgan fingerprint density at radius 1 is 1.07 bits per heavy atom. The molecule has 1 N–H and O–H groups in total. The zero-order chi connectivity index (χ0) is 19.8. The highest BCUT2D eigenvalue weighted by atomic mass is 35.5. The fraction of sp³-hybridized carbons (Fsp3) is 0.300. The lowest BCUT2D eigenvalue weighted by Crippen LogP contribution is -2.30. The SMILES string of the molecule is CCN(CC)C(=O)c1ccc(NC(=O)COc2ccccc2OC)cc1Cl. The molecule has 2 aromatic rings. The number of nitrogens with zero attached hydrogens (tertiary/aromatic N) is 1. The minimum Gasteiger partial charge on any atom is -0.493 e. The van der Waals surface area contributed by atoms with Gasteiger partial charge in [0.1, 0.15) is 0 Å². The second kappa shape index (κ2) is 9.83. The summed E-state index contributed by atoms with van der Waals surface area (Å²) in [7, 11) is 1.53. The lowest BCUT2D eigenvalue weighted by atomic mass is 10.1. The van der Waals surface area contributed by atoms with E-state index in [1.54, 1.807) is 41.3 Å². The van der Waals surface area contributed by atoms with Crippen molar-refractivity contribution in [2.45, 2.75) is 13.8 Å². The lowest BCUT2D eigenvalue weighted by Gasteiger charge is -2.19. The van der Waals surface area contributed by atoms with Gasteiger partial charge >= 0.3 is 0 Å². The molecule has 0 radical (unpaired) electrons. The fourth-order valence-electron chi connectivity index (χ4n) is 2.53. The molecule has 0 aliphatic heterocycles. The molecule has 0 unspecified atom stereocenters. The van der Waals surface area contributed by atoms with E-state index in [0.29, 0.717) is 35.8 Å². The zero-order valence-electron chi connectivity index (χ0n) is 15.6. The predicted molar refractivity (Wildman–Crippen MR) is 106 cm³/mol. The first kappa shape index (κ1) is 20.6. The summed E-state index contributed by atoms with van der Waals surface area (Å²) in [6.07, 6.45) is 0. The summed E-state index contributed by atoms with van der Waals surface area (Å²) in [4.78, 5) is 26.2. The first-order valence-electron chi connectivity index (χ1n) is 8.64. The van der Waals surface area contributed by atoms with Gasteiger partial charge in [0, 0.05) is 18.8 Å². The third-order valence-electron chi connectivity index (χ3n) is 3.96. The van der Waals surface area contributed by atoms with Gasteiger partial charge in [-0.25, -0.2) is 0 Å². The summed E-state index contributed by atoms with van der Waals surface area (Å²) in [5.74, 6) is 0.545. The molecule has 0 saturated carbocycles. The average molecular weight is 391 g/mol. The van der Waals surface area contributed by atoms with E-state index >= 15 is 0 Å². The Morgan fingerprint density at radius 3 is 2.33 bits per heavy atom. The van der Waals surface area contributed by atoms with Crippen molar-refractivity contribution in [2.75, 3.05) is 32.1 Å². The van der Waals surface area contributed by atoms with Crippen molar-refractivity contribution < 1.29 is 19.1 Å². The van der Waals surface area contributed by atoms with E-state index < -0.39 is 0 Å². The van der Waals surface area contributed by atoms with Gasteiger partial charge in [-0.3, -0.25) is 9.59 Å². The van der Waals surface area contributed by atoms with Crippen LogP contribution in [0.15, 0.2) is 42.5 Å². The van der Waals surface area contributed by atoms with Crippen LogP contribution in [0.4, 0.5) is 5.69 Å². The van der Waals surface area contributed by atoms with Crippen LogP contribution >= 0.6 is 11.6 Å². The normalized spacial score (nSPS) is 10.2. The molecule has 7 heteroatoms. The molecule has 27 heavy (non-hydrogen) atoms. The van der Waals surface area contributed by atoms with Gasteiger partial charge in [-0.05, 0) is 44.2 Å². The second-order valence-corrected chi connectivity index (χ2v) is 6.07. The summed E-state index contributed by atoms with van der Waals surface area (Å²) in [6.45, 7) is 4.84. The Hall–Kier alpha value is -2.73. The van der Waals surface area contributed by atoms with Gasteiger partial charge in [0.2, 0.25) is 0 Å². The lowest BCUT2D eigenvalue weighted by molar-refractivity contribution is -0.118. The molecular formula is C20H23ClN2O4. The van der Waals surface area contributed by atoms with E-state index in [1.165, 1.54) is 7.11 Å². The minimum absolute atomic E-state index is 0.137. The quantitative estimate of drug-likeness (QED) is 0.743. The maximum absolute atomic E-state index is 12.4. The maximum atomic E-state index is 12.4. The van der Waals surface area contributed by atoms with Crippen LogP contribution in [0, 0.1) is 0 Å². The summed E-state index contributed by atoms with van der Waals surface area (Å²) in [6, 6.07) is 11.9. The van der Waals surface area contributed by atoms with E-state index in [9.17, 15) is 9.59 Å². The molecule has 0 aromatic heterocycles. The molecule has 2 amide bonds. The van der Waals surface area contributed by atoms with Crippen LogP contribution in [-0.4, -0.2) is 43.5 Å². The molecular weight excluding hydrogens is 368 g/mol. The van der Waals surface area contributed by atoms with Gasteiger partial charge in [0.05, 0.1) is 17.7 Å².